The third kappa shape index (κ3) is 3.45. The number of nitrogens with one attached hydrogen (secondary N) is 3. The van der Waals surface area contributed by atoms with E-state index < -0.39 is 11.9 Å². The Kier molecular flexibility index (Phi) is 4.80. The molecule has 9 nitrogen and oxygen atoms in total. The van der Waals surface area contributed by atoms with Gasteiger partial charge in [0.1, 0.15) is 24.1 Å². The van der Waals surface area contributed by atoms with Crippen molar-refractivity contribution in [3.05, 3.63) is 35.9 Å². The lowest BCUT2D eigenvalue weighted by atomic mass is 10.0. The summed E-state index contributed by atoms with van der Waals surface area (Å²) in [5.74, 6) is 0.475. The molecule has 2 aromatic carbocycles. The molecule has 1 fully saturated rings. The number of hydrogen-bond donors (Lipinski definition) is 5. The highest BCUT2D eigenvalue weighted by atomic mass is 16.5. The van der Waals surface area contributed by atoms with Gasteiger partial charge < -0.3 is 36.6 Å². The van der Waals surface area contributed by atoms with Crippen molar-refractivity contribution >= 4 is 34.1 Å². The molecule has 0 unspecified atom stereocenters. The molecule has 1 saturated carbocycles. The average Bonchev–Trinajstić information content (AvgIpc) is 3.57. The van der Waals surface area contributed by atoms with Crippen LogP contribution in [0.5, 0.6) is 11.5 Å². The van der Waals surface area contributed by atoms with E-state index in [0.717, 1.165) is 46.4 Å². The van der Waals surface area contributed by atoms with Gasteiger partial charge in [0.25, 0.3) is 5.91 Å². The number of aromatic amines is 1. The summed E-state index contributed by atoms with van der Waals surface area (Å²) in [4.78, 5) is 27.3. The van der Waals surface area contributed by atoms with Gasteiger partial charge in [-0.2, -0.15) is 0 Å². The summed E-state index contributed by atoms with van der Waals surface area (Å²) in [6.07, 6.45) is 1.99. The molecule has 0 saturated heterocycles. The maximum Gasteiger partial charge on any atom is 0.252 e. The molecule has 5 rings (SSSR count). The summed E-state index contributed by atoms with van der Waals surface area (Å²) < 4.78 is 11.3. The molecule has 166 valence electrons. The maximum atomic E-state index is 11.9. The Morgan fingerprint density at radius 2 is 2.03 bits per heavy atom. The molecule has 1 aliphatic carbocycles. The lowest BCUT2D eigenvalue weighted by Crippen LogP contribution is -2.37. The predicted molar refractivity (Wildman–Crippen MR) is 122 cm³/mol. The van der Waals surface area contributed by atoms with Crippen LogP contribution in [0.2, 0.25) is 0 Å². The first kappa shape index (κ1) is 20.0. The Bertz CT molecular complexity index is 1230. The van der Waals surface area contributed by atoms with Crippen LogP contribution in [0.4, 0.5) is 11.4 Å². The number of H-pyrrole nitrogens is 1. The van der Waals surface area contributed by atoms with Crippen LogP contribution in [0.1, 0.15) is 23.2 Å². The third-order valence-electron chi connectivity index (χ3n) is 6.00. The van der Waals surface area contributed by atoms with Crippen molar-refractivity contribution in [1.29, 1.82) is 0 Å². The van der Waals surface area contributed by atoms with Gasteiger partial charge in [0.15, 0.2) is 0 Å². The molecule has 1 atom stereocenters. The fraction of sp³-hybridized carbons (Fsp3) is 0.304. The van der Waals surface area contributed by atoms with Crippen molar-refractivity contribution in [2.24, 2.45) is 17.4 Å². The van der Waals surface area contributed by atoms with Gasteiger partial charge in [0.05, 0.1) is 35.0 Å². The zero-order chi connectivity index (χ0) is 22.4. The topological polar surface area (TPSA) is 144 Å². The van der Waals surface area contributed by atoms with Crippen LogP contribution in [0.15, 0.2) is 30.3 Å². The van der Waals surface area contributed by atoms with Gasteiger partial charge >= 0.3 is 0 Å². The molecular formula is C23H25N5O4. The SMILES string of the molecule is COc1ccc(-c2[nH]c3cc(N[C@H](C(N)=O)C4CC4)cc4c3c2NCCO4)cc1C(N)=O. The Morgan fingerprint density at radius 1 is 1.22 bits per heavy atom. The monoisotopic (exact) mass is 435 g/mol. The summed E-state index contributed by atoms with van der Waals surface area (Å²) in [5, 5.41) is 7.61. The van der Waals surface area contributed by atoms with E-state index in [9.17, 15) is 9.59 Å². The molecule has 9 heteroatoms. The van der Waals surface area contributed by atoms with Gasteiger partial charge in [-0.3, -0.25) is 9.59 Å². The van der Waals surface area contributed by atoms with Crippen LogP contribution < -0.4 is 31.6 Å². The number of nitrogens with two attached hydrogens (primary N) is 2. The lowest BCUT2D eigenvalue weighted by Gasteiger charge is -2.17. The number of hydrogen-bond acceptors (Lipinski definition) is 6. The fourth-order valence-electron chi connectivity index (χ4n) is 4.31. The van der Waals surface area contributed by atoms with Crippen molar-refractivity contribution in [1.82, 2.24) is 4.98 Å². The van der Waals surface area contributed by atoms with Crippen LogP contribution in [-0.2, 0) is 4.79 Å². The van der Waals surface area contributed by atoms with Gasteiger partial charge in [-0.15, -0.1) is 0 Å². The number of aromatic nitrogens is 1. The highest BCUT2D eigenvalue weighted by Crippen LogP contribution is 2.44. The Morgan fingerprint density at radius 3 is 2.72 bits per heavy atom. The van der Waals surface area contributed by atoms with E-state index in [-0.39, 0.29) is 11.8 Å². The molecule has 2 heterocycles. The smallest absolute Gasteiger partial charge is 0.252 e. The summed E-state index contributed by atoms with van der Waals surface area (Å²) in [6.45, 7) is 1.10. The van der Waals surface area contributed by atoms with Crippen molar-refractivity contribution in [3.63, 3.8) is 0 Å². The predicted octanol–water partition coefficient (Wildman–Crippen LogP) is 2.42. The second-order valence-corrected chi connectivity index (χ2v) is 8.19. The maximum absolute atomic E-state index is 11.9. The molecule has 2 amide bonds. The molecule has 0 radical (unpaired) electrons. The molecule has 1 aliphatic heterocycles. The first-order valence-electron chi connectivity index (χ1n) is 10.6. The highest BCUT2D eigenvalue weighted by molar-refractivity contribution is 6.07. The average molecular weight is 435 g/mol. The summed E-state index contributed by atoms with van der Waals surface area (Å²) in [6, 6.07) is 8.75. The van der Waals surface area contributed by atoms with Gasteiger partial charge in [-0.05, 0) is 43.0 Å². The number of primary amides is 2. The van der Waals surface area contributed by atoms with Crippen LogP contribution in [0.3, 0.4) is 0 Å². The second-order valence-electron chi connectivity index (χ2n) is 8.19. The zero-order valence-electron chi connectivity index (χ0n) is 17.7. The molecule has 0 bridgehead atoms. The summed E-state index contributed by atoms with van der Waals surface area (Å²) >= 11 is 0. The number of ether oxygens (including phenoxy) is 2. The Balaban J connectivity index is 1.62. The molecule has 0 spiro atoms. The van der Waals surface area contributed by atoms with Gasteiger partial charge in [0, 0.05) is 23.9 Å². The lowest BCUT2D eigenvalue weighted by molar-refractivity contribution is -0.119. The van der Waals surface area contributed by atoms with Crippen LogP contribution in [-0.4, -0.2) is 43.1 Å². The van der Waals surface area contributed by atoms with Crippen LogP contribution in [0, 0.1) is 5.92 Å². The van der Waals surface area contributed by atoms with E-state index in [4.69, 9.17) is 20.9 Å². The van der Waals surface area contributed by atoms with E-state index in [0.29, 0.717) is 30.2 Å². The Labute approximate surface area is 184 Å². The van der Waals surface area contributed by atoms with Gasteiger partial charge in [-0.1, -0.05) is 0 Å². The minimum absolute atomic E-state index is 0.270. The van der Waals surface area contributed by atoms with Gasteiger partial charge in [-0.25, -0.2) is 0 Å². The molecule has 7 N–H and O–H groups in total. The standard InChI is InChI=1S/C23H25N5O4/c1-31-16-5-4-12(8-14(16)22(24)29)19-21-18-15(28-19)9-13(10-17(18)32-7-6-26-21)27-20(23(25)30)11-2-3-11/h4-5,8-11,20,26-28H,2-3,6-7H2,1H3,(H2,24,29)(H2,25,30)/t20-/m0/s1. The molecule has 3 aromatic rings. The molecule has 1 aromatic heterocycles. The quantitative estimate of drug-likeness (QED) is 0.385. The minimum atomic E-state index is -0.563. The number of carbonyl (C=O) groups excluding carboxylic acids is 2. The molecular weight excluding hydrogens is 410 g/mol. The van der Waals surface area contributed by atoms with E-state index in [1.165, 1.54) is 7.11 Å². The first-order valence-corrected chi connectivity index (χ1v) is 10.6. The number of methoxy groups -OCH3 is 1. The summed E-state index contributed by atoms with van der Waals surface area (Å²) in [5.41, 5.74) is 15.5. The van der Waals surface area contributed by atoms with E-state index in [1.54, 1.807) is 12.1 Å². The highest BCUT2D eigenvalue weighted by Gasteiger charge is 2.35. The van der Waals surface area contributed by atoms with Crippen LogP contribution in [0.25, 0.3) is 22.2 Å². The normalized spacial score (nSPS) is 15.9. The van der Waals surface area contributed by atoms with Crippen LogP contribution >= 0.6 is 0 Å². The fourth-order valence-corrected chi connectivity index (χ4v) is 4.31. The Hall–Kier alpha value is -3.88. The van der Waals surface area contributed by atoms with E-state index >= 15 is 0 Å². The van der Waals surface area contributed by atoms with Gasteiger partial charge in [0.2, 0.25) is 5.91 Å². The number of rotatable bonds is 7. The van der Waals surface area contributed by atoms with E-state index in [1.807, 2.05) is 18.2 Å². The molecule has 32 heavy (non-hydrogen) atoms. The number of benzene rings is 2. The number of anilines is 2. The number of carbonyl (C=O) groups is 2. The van der Waals surface area contributed by atoms with Crippen molar-refractivity contribution in [2.75, 3.05) is 30.9 Å². The third-order valence-corrected chi connectivity index (χ3v) is 6.00. The van der Waals surface area contributed by atoms with Crippen molar-refractivity contribution < 1.29 is 19.1 Å². The zero-order valence-corrected chi connectivity index (χ0v) is 17.7. The minimum Gasteiger partial charge on any atom is -0.496 e. The van der Waals surface area contributed by atoms with Crippen molar-refractivity contribution in [3.8, 4) is 22.8 Å². The van der Waals surface area contributed by atoms with Crippen molar-refractivity contribution in [2.45, 2.75) is 18.9 Å². The second kappa shape index (κ2) is 7.67. The largest absolute Gasteiger partial charge is 0.496 e. The first-order chi connectivity index (χ1) is 15.5. The van der Waals surface area contributed by atoms with E-state index in [2.05, 4.69) is 15.6 Å². The molecule has 2 aliphatic rings. The number of amides is 2. The summed E-state index contributed by atoms with van der Waals surface area (Å²) in [7, 11) is 1.50.